The van der Waals surface area contributed by atoms with Gasteiger partial charge < -0.3 is 9.15 Å². The van der Waals surface area contributed by atoms with Gasteiger partial charge in [-0.05, 0) is 42.8 Å². The predicted molar refractivity (Wildman–Crippen MR) is 96.3 cm³/mol. The average Bonchev–Trinajstić information content (AvgIpc) is 3.17. The van der Waals surface area contributed by atoms with Crippen LogP contribution in [0.1, 0.15) is 24.5 Å². The van der Waals surface area contributed by atoms with Crippen LogP contribution in [0.3, 0.4) is 0 Å². The van der Waals surface area contributed by atoms with Crippen LogP contribution in [0.5, 0.6) is 0 Å². The van der Waals surface area contributed by atoms with Gasteiger partial charge in [-0.25, -0.2) is 9.18 Å². The molecule has 0 unspecified atom stereocenters. The second-order valence-electron chi connectivity index (χ2n) is 5.72. The fourth-order valence-corrected chi connectivity index (χ4v) is 2.28. The van der Waals surface area contributed by atoms with Crippen molar-refractivity contribution in [2.45, 2.75) is 13.0 Å². The second-order valence-corrected chi connectivity index (χ2v) is 5.72. The minimum Gasteiger partial charge on any atom is -0.449 e. The number of non-ortho nitro benzene ring substituents is 1. The minimum absolute atomic E-state index is 0.0594. The lowest BCUT2D eigenvalue weighted by Gasteiger charge is -2.06. The van der Waals surface area contributed by atoms with E-state index in [1.54, 1.807) is 13.0 Å². The fourth-order valence-electron chi connectivity index (χ4n) is 2.28. The zero-order valence-electron chi connectivity index (χ0n) is 14.6. The summed E-state index contributed by atoms with van der Waals surface area (Å²) in [7, 11) is 0. The Labute approximate surface area is 158 Å². The van der Waals surface area contributed by atoms with Crippen LogP contribution < -0.4 is 0 Å². The van der Waals surface area contributed by atoms with Gasteiger partial charge in [-0.2, -0.15) is 0 Å². The lowest BCUT2D eigenvalue weighted by molar-refractivity contribution is -0.384. The van der Waals surface area contributed by atoms with Crippen LogP contribution in [0.15, 0.2) is 59.0 Å². The molecule has 142 valence electrons. The first-order valence-electron chi connectivity index (χ1n) is 8.15. The van der Waals surface area contributed by atoms with Gasteiger partial charge in [-0.15, -0.1) is 10.2 Å². The molecule has 0 aliphatic heterocycles. The van der Waals surface area contributed by atoms with E-state index >= 15 is 0 Å². The number of nitro benzene ring substituents is 1. The maximum atomic E-state index is 13.1. The first kappa shape index (κ1) is 18.9. The number of nitrogens with zero attached hydrogens (tertiary/aromatic N) is 3. The molecule has 8 nitrogen and oxygen atoms in total. The Morgan fingerprint density at radius 2 is 2.00 bits per heavy atom. The Bertz CT molecular complexity index is 1030. The Hall–Kier alpha value is -3.88. The van der Waals surface area contributed by atoms with Crippen molar-refractivity contribution in [3.05, 3.63) is 82.0 Å². The number of rotatable bonds is 6. The van der Waals surface area contributed by atoms with Gasteiger partial charge in [-0.3, -0.25) is 10.1 Å². The van der Waals surface area contributed by atoms with E-state index in [1.165, 1.54) is 54.6 Å². The van der Waals surface area contributed by atoms with Crippen molar-refractivity contribution >= 4 is 17.7 Å². The van der Waals surface area contributed by atoms with Gasteiger partial charge in [0.25, 0.3) is 11.6 Å². The van der Waals surface area contributed by atoms with Crippen LogP contribution in [-0.2, 0) is 9.53 Å². The zero-order valence-corrected chi connectivity index (χ0v) is 14.6. The Kier molecular flexibility index (Phi) is 5.54. The number of hydrogen-bond donors (Lipinski definition) is 0. The number of hydrogen-bond acceptors (Lipinski definition) is 7. The molecular weight excluding hydrogens is 369 g/mol. The van der Waals surface area contributed by atoms with Crippen molar-refractivity contribution in [1.82, 2.24) is 10.2 Å². The number of nitro groups is 1. The number of carbonyl (C=O) groups excluding carboxylic acids is 1. The molecule has 0 fully saturated rings. The number of benzene rings is 2. The number of halogens is 1. The molecule has 3 rings (SSSR count). The molecule has 1 atom stereocenters. The van der Waals surface area contributed by atoms with E-state index in [2.05, 4.69) is 10.2 Å². The van der Waals surface area contributed by atoms with Gasteiger partial charge in [0.2, 0.25) is 5.89 Å². The summed E-state index contributed by atoms with van der Waals surface area (Å²) in [4.78, 5) is 22.1. The van der Waals surface area contributed by atoms with Crippen LogP contribution in [0.2, 0.25) is 0 Å². The average molecular weight is 383 g/mol. The molecular formula is C19H14FN3O5. The summed E-state index contributed by atoms with van der Waals surface area (Å²) in [6.07, 6.45) is 1.77. The normalized spacial score (nSPS) is 12.1. The first-order chi connectivity index (χ1) is 13.4. The van der Waals surface area contributed by atoms with Crippen LogP contribution in [0.25, 0.3) is 17.5 Å². The molecule has 0 radical (unpaired) electrons. The second kappa shape index (κ2) is 8.21. The molecule has 9 heteroatoms. The molecule has 1 aromatic heterocycles. The van der Waals surface area contributed by atoms with Crippen molar-refractivity contribution in [3.8, 4) is 11.5 Å². The standard InChI is InChI=1S/C19H14FN3O5/c1-12(27-17(24)10-5-13-3-2-4-15(20)11-13)18-21-22-19(28-18)14-6-8-16(9-7-14)23(25)26/h2-12H,1H3/b10-5+/t12-/m1/s1. The van der Waals surface area contributed by atoms with E-state index in [1.807, 2.05) is 0 Å². The highest BCUT2D eigenvalue weighted by atomic mass is 19.1. The van der Waals surface area contributed by atoms with E-state index in [-0.39, 0.29) is 17.5 Å². The summed E-state index contributed by atoms with van der Waals surface area (Å²) in [5.41, 5.74) is 0.951. The van der Waals surface area contributed by atoms with Crippen molar-refractivity contribution in [2.75, 3.05) is 0 Å². The van der Waals surface area contributed by atoms with E-state index in [0.717, 1.165) is 0 Å². The van der Waals surface area contributed by atoms with Crippen molar-refractivity contribution in [3.63, 3.8) is 0 Å². The minimum atomic E-state index is -0.816. The van der Waals surface area contributed by atoms with E-state index in [4.69, 9.17) is 9.15 Å². The van der Waals surface area contributed by atoms with Gasteiger partial charge in [0.1, 0.15) is 5.82 Å². The maximum Gasteiger partial charge on any atom is 0.331 e. The lowest BCUT2D eigenvalue weighted by Crippen LogP contribution is -2.06. The molecule has 0 saturated carbocycles. The summed E-state index contributed by atoms with van der Waals surface area (Å²) in [6.45, 7) is 1.56. The maximum absolute atomic E-state index is 13.1. The predicted octanol–water partition coefficient (Wildman–Crippen LogP) is 4.10. The largest absolute Gasteiger partial charge is 0.449 e. The molecule has 0 N–H and O–H groups in total. The van der Waals surface area contributed by atoms with Crippen LogP contribution in [0, 0.1) is 15.9 Å². The summed E-state index contributed by atoms with van der Waals surface area (Å²) in [5, 5.41) is 18.4. The SMILES string of the molecule is C[C@@H](OC(=O)/C=C/c1cccc(F)c1)c1nnc(-c2ccc([N+](=O)[O-])cc2)o1. The van der Waals surface area contributed by atoms with Gasteiger partial charge in [0.05, 0.1) is 4.92 Å². The molecule has 2 aromatic carbocycles. The molecule has 28 heavy (non-hydrogen) atoms. The molecule has 1 heterocycles. The fraction of sp³-hybridized carbons (Fsp3) is 0.105. The number of carbonyl (C=O) groups is 1. The molecule has 0 bridgehead atoms. The number of ether oxygens (including phenoxy) is 1. The third-order valence-corrected chi connectivity index (χ3v) is 3.67. The molecule has 3 aromatic rings. The number of esters is 1. The molecule has 0 amide bonds. The summed E-state index contributed by atoms with van der Waals surface area (Å²) < 4.78 is 23.8. The lowest BCUT2D eigenvalue weighted by atomic mass is 10.2. The van der Waals surface area contributed by atoms with Gasteiger partial charge in [0, 0.05) is 23.8 Å². The highest BCUT2D eigenvalue weighted by Gasteiger charge is 2.18. The molecule has 0 aliphatic rings. The van der Waals surface area contributed by atoms with Gasteiger partial charge >= 0.3 is 5.97 Å². The van der Waals surface area contributed by atoms with Gasteiger partial charge in [-0.1, -0.05) is 12.1 Å². The third-order valence-electron chi connectivity index (χ3n) is 3.67. The van der Waals surface area contributed by atoms with E-state index in [0.29, 0.717) is 11.1 Å². The number of aromatic nitrogens is 2. The topological polar surface area (TPSA) is 108 Å². The Morgan fingerprint density at radius 1 is 1.25 bits per heavy atom. The van der Waals surface area contributed by atoms with E-state index < -0.39 is 22.8 Å². The summed E-state index contributed by atoms with van der Waals surface area (Å²) in [6, 6.07) is 11.4. The van der Waals surface area contributed by atoms with Crippen molar-refractivity contribution in [2.24, 2.45) is 0 Å². The monoisotopic (exact) mass is 383 g/mol. The smallest absolute Gasteiger partial charge is 0.331 e. The quantitative estimate of drug-likeness (QED) is 0.273. The van der Waals surface area contributed by atoms with E-state index in [9.17, 15) is 19.3 Å². The Morgan fingerprint density at radius 3 is 2.68 bits per heavy atom. The highest BCUT2D eigenvalue weighted by molar-refractivity contribution is 5.87. The first-order valence-corrected chi connectivity index (χ1v) is 8.15. The third kappa shape index (κ3) is 4.64. The summed E-state index contributed by atoms with van der Waals surface area (Å²) >= 11 is 0. The zero-order chi connectivity index (χ0) is 20.1. The highest BCUT2D eigenvalue weighted by Crippen LogP contribution is 2.24. The molecule has 0 aliphatic carbocycles. The Balaban J connectivity index is 1.64. The van der Waals surface area contributed by atoms with Crippen molar-refractivity contribution < 1.29 is 23.3 Å². The van der Waals surface area contributed by atoms with Crippen molar-refractivity contribution in [1.29, 1.82) is 0 Å². The molecule has 0 spiro atoms. The van der Waals surface area contributed by atoms with Crippen LogP contribution >= 0.6 is 0 Å². The summed E-state index contributed by atoms with van der Waals surface area (Å²) in [5.74, 6) is -0.857. The molecule has 0 saturated heterocycles. The van der Waals surface area contributed by atoms with Crippen LogP contribution in [0.4, 0.5) is 10.1 Å². The van der Waals surface area contributed by atoms with Gasteiger partial charge in [0.15, 0.2) is 6.10 Å². The van der Waals surface area contributed by atoms with Crippen LogP contribution in [-0.4, -0.2) is 21.1 Å².